The molecule has 1 aromatic carbocycles. The molecular weight excluding hydrogens is 217 g/mol. The molecule has 0 saturated heterocycles. The highest BCUT2D eigenvalue weighted by Gasteiger charge is 2.44. The lowest BCUT2D eigenvalue weighted by Gasteiger charge is -2.39. The van der Waals surface area contributed by atoms with Gasteiger partial charge in [0.1, 0.15) is 17.2 Å². The molecule has 1 aliphatic heterocycles. The Morgan fingerprint density at radius 1 is 1.41 bits per heavy atom. The Morgan fingerprint density at radius 3 is 2.94 bits per heavy atom. The van der Waals surface area contributed by atoms with E-state index in [9.17, 15) is 4.39 Å². The molecule has 0 aromatic heterocycles. The zero-order chi connectivity index (χ0) is 12.0. The van der Waals surface area contributed by atoms with Crippen LogP contribution in [-0.4, -0.2) is 5.60 Å². The van der Waals surface area contributed by atoms with Crippen molar-refractivity contribution < 1.29 is 9.13 Å². The van der Waals surface area contributed by atoms with Crippen molar-refractivity contribution in [3.8, 4) is 5.75 Å². The van der Waals surface area contributed by atoms with E-state index in [2.05, 4.69) is 6.92 Å². The largest absolute Gasteiger partial charge is 0.487 e. The minimum atomic E-state index is -0.251. The highest BCUT2D eigenvalue weighted by molar-refractivity contribution is 5.39. The smallest absolute Gasteiger partial charge is 0.127 e. The minimum absolute atomic E-state index is 0.0235. The lowest BCUT2D eigenvalue weighted by atomic mass is 9.86. The minimum Gasteiger partial charge on any atom is -0.487 e. The molecule has 0 amide bonds. The maximum Gasteiger partial charge on any atom is 0.127 e. The second-order valence-corrected chi connectivity index (χ2v) is 5.63. The first kappa shape index (κ1) is 11.0. The Morgan fingerprint density at radius 2 is 2.24 bits per heavy atom. The average molecular weight is 235 g/mol. The van der Waals surface area contributed by atoms with Crippen molar-refractivity contribution in [3.63, 3.8) is 0 Å². The summed E-state index contributed by atoms with van der Waals surface area (Å²) in [4.78, 5) is 0. The number of rotatable bonds is 0. The molecule has 1 spiro atoms. The van der Waals surface area contributed by atoms with E-state index in [1.807, 2.05) is 0 Å². The van der Waals surface area contributed by atoms with Crippen LogP contribution in [-0.2, 0) is 0 Å². The van der Waals surface area contributed by atoms with Crippen molar-refractivity contribution in [3.05, 3.63) is 29.6 Å². The van der Waals surface area contributed by atoms with E-state index in [1.165, 1.54) is 18.6 Å². The van der Waals surface area contributed by atoms with Crippen LogP contribution in [0.3, 0.4) is 0 Å². The molecular formula is C14H18FNO. The number of nitrogens with two attached hydrogens (primary N) is 1. The predicted octanol–water partition coefficient (Wildman–Crippen LogP) is 3.17. The Bertz CT molecular complexity index is 448. The Kier molecular flexibility index (Phi) is 2.40. The molecule has 17 heavy (non-hydrogen) atoms. The van der Waals surface area contributed by atoms with Crippen LogP contribution in [0.4, 0.5) is 4.39 Å². The standard InChI is InChI=1S/C14H18FNO/c1-9-4-5-14(7-9)8-12(16)11-3-2-10(15)6-13(11)17-14/h2-3,6,9,12H,4-5,7-8,16H2,1H3. The maximum absolute atomic E-state index is 13.3. The summed E-state index contributed by atoms with van der Waals surface area (Å²) in [6.07, 6.45) is 4.11. The summed E-state index contributed by atoms with van der Waals surface area (Å²) < 4.78 is 19.3. The van der Waals surface area contributed by atoms with Gasteiger partial charge in [-0.3, -0.25) is 0 Å². The second kappa shape index (κ2) is 3.70. The van der Waals surface area contributed by atoms with Crippen molar-refractivity contribution >= 4 is 0 Å². The molecule has 92 valence electrons. The Hall–Kier alpha value is -1.09. The van der Waals surface area contributed by atoms with Gasteiger partial charge in [0.15, 0.2) is 0 Å². The third-order valence-electron chi connectivity index (χ3n) is 4.11. The van der Waals surface area contributed by atoms with E-state index < -0.39 is 0 Å². The van der Waals surface area contributed by atoms with Gasteiger partial charge in [-0.15, -0.1) is 0 Å². The molecule has 1 saturated carbocycles. The maximum atomic E-state index is 13.3. The number of hydrogen-bond acceptors (Lipinski definition) is 2. The molecule has 2 nitrogen and oxygen atoms in total. The normalized spacial score (nSPS) is 35.7. The van der Waals surface area contributed by atoms with Crippen LogP contribution >= 0.6 is 0 Å². The van der Waals surface area contributed by atoms with Crippen molar-refractivity contribution in [1.29, 1.82) is 0 Å². The first-order valence-corrected chi connectivity index (χ1v) is 6.32. The molecule has 3 unspecified atom stereocenters. The van der Waals surface area contributed by atoms with Crippen LogP contribution in [0.5, 0.6) is 5.75 Å². The SMILES string of the molecule is CC1CCC2(C1)CC(N)c1ccc(F)cc1O2. The van der Waals surface area contributed by atoms with E-state index in [4.69, 9.17) is 10.5 Å². The Balaban J connectivity index is 1.97. The van der Waals surface area contributed by atoms with Crippen LogP contribution in [0.1, 0.15) is 44.2 Å². The molecule has 2 aliphatic rings. The van der Waals surface area contributed by atoms with Gasteiger partial charge in [-0.05, 0) is 31.2 Å². The fourth-order valence-electron chi connectivity index (χ4n) is 3.32. The fraction of sp³-hybridized carbons (Fsp3) is 0.571. The lowest BCUT2D eigenvalue weighted by Crippen LogP contribution is -2.40. The van der Waals surface area contributed by atoms with E-state index in [0.29, 0.717) is 11.7 Å². The molecule has 0 radical (unpaired) electrons. The summed E-state index contributed by atoms with van der Waals surface area (Å²) in [6, 6.07) is 4.65. The number of fused-ring (bicyclic) bond motifs is 1. The highest BCUT2D eigenvalue weighted by Crippen LogP contribution is 2.48. The van der Waals surface area contributed by atoms with Gasteiger partial charge in [0.2, 0.25) is 0 Å². The van der Waals surface area contributed by atoms with Crippen molar-refractivity contribution in [2.45, 2.75) is 44.2 Å². The van der Waals surface area contributed by atoms with Crippen LogP contribution in [0.25, 0.3) is 0 Å². The van der Waals surface area contributed by atoms with Gasteiger partial charge in [0.05, 0.1) is 0 Å². The summed E-state index contributed by atoms with van der Waals surface area (Å²) in [5.74, 6) is 1.08. The van der Waals surface area contributed by atoms with Gasteiger partial charge < -0.3 is 10.5 Å². The topological polar surface area (TPSA) is 35.2 Å². The Labute approximate surface area is 101 Å². The summed E-state index contributed by atoms with van der Waals surface area (Å²) in [5.41, 5.74) is 7.00. The summed E-state index contributed by atoms with van der Waals surface area (Å²) >= 11 is 0. The van der Waals surface area contributed by atoms with Crippen LogP contribution in [0, 0.1) is 11.7 Å². The summed E-state index contributed by atoms with van der Waals surface area (Å²) in [7, 11) is 0. The molecule has 1 fully saturated rings. The van der Waals surface area contributed by atoms with Gasteiger partial charge in [0.25, 0.3) is 0 Å². The molecule has 1 aromatic rings. The third-order valence-corrected chi connectivity index (χ3v) is 4.11. The molecule has 2 N–H and O–H groups in total. The first-order chi connectivity index (χ1) is 8.08. The number of hydrogen-bond donors (Lipinski definition) is 1. The van der Waals surface area contributed by atoms with Crippen molar-refractivity contribution in [1.82, 2.24) is 0 Å². The molecule has 3 atom stereocenters. The zero-order valence-corrected chi connectivity index (χ0v) is 10.1. The van der Waals surface area contributed by atoms with Crippen LogP contribution < -0.4 is 10.5 Å². The van der Waals surface area contributed by atoms with Crippen LogP contribution in [0.15, 0.2) is 18.2 Å². The van der Waals surface area contributed by atoms with Gasteiger partial charge in [0, 0.05) is 24.1 Å². The molecule has 3 rings (SSSR count). The molecule has 1 aliphatic carbocycles. The summed E-state index contributed by atoms with van der Waals surface area (Å²) in [6.45, 7) is 2.24. The van der Waals surface area contributed by atoms with Crippen molar-refractivity contribution in [2.75, 3.05) is 0 Å². The van der Waals surface area contributed by atoms with Gasteiger partial charge >= 0.3 is 0 Å². The van der Waals surface area contributed by atoms with Gasteiger partial charge in [-0.2, -0.15) is 0 Å². The molecule has 3 heteroatoms. The monoisotopic (exact) mass is 235 g/mol. The second-order valence-electron chi connectivity index (χ2n) is 5.63. The number of halogens is 1. The molecule has 1 heterocycles. The third kappa shape index (κ3) is 1.82. The quantitative estimate of drug-likeness (QED) is 0.749. The number of benzene rings is 1. The highest BCUT2D eigenvalue weighted by atomic mass is 19.1. The van der Waals surface area contributed by atoms with Gasteiger partial charge in [-0.1, -0.05) is 13.0 Å². The van der Waals surface area contributed by atoms with E-state index >= 15 is 0 Å². The fourth-order valence-corrected chi connectivity index (χ4v) is 3.32. The zero-order valence-electron chi connectivity index (χ0n) is 10.1. The van der Waals surface area contributed by atoms with Gasteiger partial charge in [-0.25, -0.2) is 4.39 Å². The van der Waals surface area contributed by atoms with E-state index in [-0.39, 0.29) is 17.5 Å². The first-order valence-electron chi connectivity index (χ1n) is 6.32. The average Bonchev–Trinajstić information content (AvgIpc) is 2.58. The molecule has 0 bridgehead atoms. The lowest BCUT2D eigenvalue weighted by molar-refractivity contribution is 0.0390. The van der Waals surface area contributed by atoms with Crippen molar-refractivity contribution in [2.24, 2.45) is 11.7 Å². The van der Waals surface area contributed by atoms with E-state index in [1.54, 1.807) is 6.07 Å². The predicted molar refractivity (Wildman–Crippen MR) is 64.3 cm³/mol. The summed E-state index contributed by atoms with van der Waals surface area (Å²) in [5, 5.41) is 0. The van der Waals surface area contributed by atoms with E-state index in [0.717, 1.165) is 24.8 Å². The van der Waals surface area contributed by atoms with Crippen LogP contribution in [0.2, 0.25) is 0 Å². The number of ether oxygens (including phenoxy) is 1.